The van der Waals surface area contributed by atoms with E-state index in [-0.39, 0.29) is 26.9 Å². The van der Waals surface area contributed by atoms with Crippen LogP contribution in [-0.2, 0) is 29.5 Å². The molecule has 0 saturated carbocycles. The first kappa shape index (κ1) is 34.1. The number of nitrogens with one attached hydrogen (secondary N) is 1. The van der Waals surface area contributed by atoms with Gasteiger partial charge in [-0.1, -0.05) is 94.8 Å². The molecule has 0 bridgehead atoms. The van der Waals surface area contributed by atoms with Crippen LogP contribution in [0.5, 0.6) is 0 Å². The minimum Gasteiger partial charge on any atom is -0.274 e. The Bertz CT molecular complexity index is 1660. The lowest BCUT2D eigenvalue weighted by atomic mass is 9.97. The van der Waals surface area contributed by atoms with E-state index in [0.29, 0.717) is 24.2 Å². The highest BCUT2D eigenvalue weighted by molar-refractivity contribution is 7.90. The maximum Gasteiger partial charge on any atom is 0.346 e. The second kappa shape index (κ2) is 15.4. The molecular formula is C32H38Cl2N4O4S. The molecule has 0 fully saturated rings. The summed E-state index contributed by atoms with van der Waals surface area (Å²) in [5.41, 5.74) is 2.10. The summed E-state index contributed by atoms with van der Waals surface area (Å²) in [6, 6.07) is 22.2. The van der Waals surface area contributed by atoms with Crippen molar-refractivity contribution in [2.24, 2.45) is 5.41 Å². The van der Waals surface area contributed by atoms with Gasteiger partial charge in [-0.15, -0.1) is 23.2 Å². The van der Waals surface area contributed by atoms with Gasteiger partial charge in [0.2, 0.25) is 0 Å². The Morgan fingerprint density at radius 1 is 0.930 bits per heavy atom. The topological polar surface area (TPSA) is 103 Å². The van der Waals surface area contributed by atoms with E-state index in [1.54, 1.807) is 57.8 Å². The molecule has 8 nitrogen and oxygen atoms in total. The van der Waals surface area contributed by atoms with Crippen molar-refractivity contribution in [3.8, 4) is 11.1 Å². The highest BCUT2D eigenvalue weighted by Gasteiger charge is 2.23. The number of aromatic nitrogens is 3. The number of hydrogen-bond acceptors (Lipinski definition) is 5. The fraction of sp³-hybridized carbons (Fsp3) is 0.344. The molecule has 0 aliphatic carbocycles. The molecule has 11 heteroatoms. The van der Waals surface area contributed by atoms with E-state index in [1.807, 2.05) is 24.3 Å². The maximum absolute atomic E-state index is 13.2. The summed E-state index contributed by atoms with van der Waals surface area (Å²) >= 11 is 9.53. The van der Waals surface area contributed by atoms with Gasteiger partial charge in [-0.3, -0.25) is 9.36 Å². The summed E-state index contributed by atoms with van der Waals surface area (Å²) in [4.78, 5) is 25.8. The average Bonchev–Trinajstić information content (AvgIpc) is 3.25. The SMILES string of the molecule is CCCCc1nn(CC(C)(C)C)c(=O)n1Cc1ccc(-c2ccccc2S(=O)(=O)NC(=O)c2ccccc2)cc1.ClCCl. The predicted molar refractivity (Wildman–Crippen MR) is 173 cm³/mol. The molecule has 230 valence electrons. The van der Waals surface area contributed by atoms with Gasteiger partial charge in [-0.2, -0.15) is 5.10 Å². The van der Waals surface area contributed by atoms with Crippen LogP contribution in [0.4, 0.5) is 0 Å². The van der Waals surface area contributed by atoms with E-state index in [9.17, 15) is 18.0 Å². The lowest BCUT2D eigenvalue weighted by Gasteiger charge is -2.16. The van der Waals surface area contributed by atoms with Gasteiger partial charge in [0.15, 0.2) is 0 Å². The number of alkyl halides is 2. The molecular weight excluding hydrogens is 607 g/mol. The largest absolute Gasteiger partial charge is 0.346 e. The van der Waals surface area contributed by atoms with Crippen molar-refractivity contribution in [2.45, 2.75) is 64.9 Å². The maximum atomic E-state index is 13.2. The molecule has 4 rings (SSSR count). The first-order valence-electron chi connectivity index (χ1n) is 14.0. The summed E-state index contributed by atoms with van der Waals surface area (Å²) in [5, 5.41) is 4.84. The van der Waals surface area contributed by atoms with Crippen LogP contribution in [0.15, 0.2) is 88.6 Å². The molecule has 0 radical (unpaired) electrons. The van der Waals surface area contributed by atoms with E-state index in [1.165, 1.54) is 6.07 Å². The molecule has 1 N–H and O–H groups in total. The molecule has 43 heavy (non-hydrogen) atoms. The molecule has 0 saturated heterocycles. The molecule has 1 aromatic heterocycles. The monoisotopic (exact) mass is 644 g/mol. The Labute approximate surface area is 263 Å². The Hall–Kier alpha value is -3.40. The van der Waals surface area contributed by atoms with Crippen molar-refractivity contribution in [3.63, 3.8) is 0 Å². The molecule has 0 spiro atoms. The van der Waals surface area contributed by atoms with Gasteiger partial charge < -0.3 is 0 Å². The van der Waals surface area contributed by atoms with Gasteiger partial charge in [0.05, 0.1) is 23.3 Å². The minimum atomic E-state index is -4.13. The number of sulfonamides is 1. The molecule has 3 aromatic carbocycles. The van der Waals surface area contributed by atoms with Crippen LogP contribution in [0.3, 0.4) is 0 Å². The van der Waals surface area contributed by atoms with E-state index >= 15 is 0 Å². The number of aryl methyl sites for hydroxylation is 1. The molecule has 1 heterocycles. The zero-order valence-corrected chi connectivity index (χ0v) is 27.2. The standard InChI is InChI=1S/C31H36N4O4S.CH2Cl2/c1-5-6-16-28-32-35(22-31(2,3)4)30(37)34(28)21-23-17-19-24(20-18-23)26-14-10-11-15-27(26)40(38,39)33-29(36)25-12-8-7-9-13-25;2-1-3/h7-15,17-20H,5-6,16,21-22H2,1-4H3,(H,33,36);1H2. The lowest BCUT2D eigenvalue weighted by molar-refractivity contribution is 0.0981. The minimum absolute atomic E-state index is 0.00793. The van der Waals surface area contributed by atoms with Crippen LogP contribution in [0, 0.1) is 5.41 Å². The van der Waals surface area contributed by atoms with E-state index in [4.69, 9.17) is 23.2 Å². The normalized spacial score (nSPS) is 11.5. The van der Waals surface area contributed by atoms with Crippen molar-refractivity contribution in [1.82, 2.24) is 19.1 Å². The van der Waals surface area contributed by atoms with Crippen LogP contribution in [-0.4, -0.2) is 34.0 Å². The number of benzene rings is 3. The number of amides is 1. The zero-order valence-electron chi connectivity index (χ0n) is 24.9. The fourth-order valence-corrected chi connectivity index (χ4v) is 5.66. The zero-order chi connectivity index (χ0) is 31.6. The molecule has 0 unspecified atom stereocenters. The smallest absolute Gasteiger partial charge is 0.274 e. The molecule has 1 amide bonds. The molecule has 0 aliphatic heterocycles. The number of rotatable bonds is 10. The van der Waals surface area contributed by atoms with Gasteiger partial charge in [0.1, 0.15) is 5.82 Å². The Morgan fingerprint density at radius 2 is 1.53 bits per heavy atom. The van der Waals surface area contributed by atoms with Crippen LogP contribution in [0.1, 0.15) is 62.3 Å². The van der Waals surface area contributed by atoms with Gasteiger partial charge in [-0.25, -0.2) is 22.6 Å². The predicted octanol–water partition coefficient (Wildman–Crippen LogP) is 6.69. The number of carbonyl (C=O) groups excluding carboxylic acids is 1. The highest BCUT2D eigenvalue weighted by atomic mass is 35.5. The second-order valence-electron chi connectivity index (χ2n) is 11.2. The van der Waals surface area contributed by atoms with Crippen LogP contribution in [0.2, 0.25) is 0 Å². The Balaban J connectivity index is 0.00000162. The van der Waals surface area contributed by atoms with Gasteiger partial charge in [0, 0.05) is 17.5 Å². The van der Waals surface area contributed by atoms with Crippen molar-refractivity contribution in [3.05, 3.63) is 106 Å². The first-order valence-corrected chi connectivity index (χ1v) is 16.5. The van der Waals surface area contributed by atoms with Crippen LogP contribution >= 0.6 is 23.2 Å². The van der Waals surface area contributed by atoms with Crippen molar-refractivity contribution < 1.29 is 13.2 Å². The van der Waals surface area contributed by atoms with Gasteiger partial charge in [0.25, 0.3) is 15.9 Å². The van der Waals surface area contributed by atoms with Crippen LogP contribution < -0.4 is 10.4 Å². The summed E-state index contributed by atoms with van der Waals surface area (Å²) in [5.74, 6) is 0.0767. The van der Waals surface area contributed by atoms with E-state index in [0.717, 1.165) is 30.7 Å². The van der Waals surface area contributed by atoms with Gasteiger partial charge in [-0.05, 0) is 41.2 Å². The molecule has 0 atom stereocenters. The number of halogens is 2. The van der Waals surface area contributed by atoms with E-state index < -0.39 is 15.9 Å². The summed E-state index contributed by atoms with van der Waals surface area (Å²) < 4.78 is 31.9. The molecule has 4 aromatic rings. The summed E-state index contributed by atoms with van der Waals surface area (Å²) in [6.07, 6.45) is 2.67. The van der Waals surface area contributed by atoms with Crippen molar-refractivity contribution in [2.75, 3.05) is 5.34 Å². The Morgan fingerprint density at radius 3 is 2.14 bits per heavy atom. The van der Waals surface area contributed by atoms with Crippen molar-refractivity contribution >= 4 is 39.1 Å². The molecule has 0 aliphatic rings. The average molecular weight is 646 g/mol. The lowest BCUT2D eigenvalue weighted by Crippen LogP contribution is -2.30. The van der Waals surface area contributed by atoms with E-state index in [2.05, 4.69) is 37.5 Å². The third-order valence-corrected chi connectivity index (χ3v) is 7.81. The highest BCUT2D eigenvalue weighted by Crippen LogP contribution is 2.28. The third kappa shape index (κ3) is 9.55. The summed E-state index contributed by atoms with van der Waals surface area (Å²) in [7, 11) is -4.13. The number of unbranched alkanes of at least 4 members (excludes halogenated alkanes) is 1. The summed E-state index contributed by atoms with van der Waals surface area (Å²) in [6.45, 7) is 9.24. The Kier molecular flexibility index (Phi) is 12.2. The van der Waals surface area contributed by atoms with Crippen LogP contribution in [0.25, 0.3) is 11.1 Å². The first-order chi connectivity index (χ1) is 20.4. The fourth-order valence-electron chi connectivity index (χ4n) is 4.45. The second-order valence-corrected chi connectivity index (χ2v) is 13.7. The number of carbonyl (C=O) groups is 1. The number of hydrogen-bond donors (Lipinski definition) is 1. The number of nitrogens with zero attached hydrogens (tertiary/aromatic N) is 3. The van der Waals surface area contributed by atoms with Crippen molar-refractivity contribution in [1.29, 1.82) is 0 Å². The quantitative estimate of drug-likeness (QED) is 0.194. The third-order valence-electron chi connectivity index (χ3n) is 6.42. The van der Waals surface area contributed by atoms with Gasteiger partial charge >= 0.3 is 5.69 Å².